The Morgan fingerprint density at radius 1 is 1.45 bits per heavy atom. The molecule has 1 aliphatic rings. The molecule has 1 rings (SSSR count). The van der Waals surface area contributed by atoms with Gasteiger partial charge in [-0.3, -0.25) is 0 Å². The summed E-state index contributed by atoms with van der Waals surface area (Å²) in [4.78, 5) is 0. The second kappa shape index (κ2) is 4.00. The number of unbranched alkanes of at least 4 members (excludes halogenated alkanes) is 1. The van der Waals surface area contributed by atoms with Crippen LogP contribution in [0, 0.1) is 11.8 Å². The predicted molar refractivity (Wildman–Crippen MR) is 47.9 cm³/mol. The largest absolute Gasteiger partial charge is 0.330 e. The lowest BCUT2D eigenvalue weighted by atomic mass is 9.99. The van der Waals surface area contributed by atoms with Gasteiger partial charge in [0.15, 0.2) is 0 Å². The molecule has 2 N–H and O–H groups in total. The van der Waals surface area contributed by atoms with E-state index in [1.807, 2.05) is 6.08 Å². The van der Waals surface area contributed by atoms with Crippen molar-refractivity contribution in [2.45, 2.75) is 19.8 Å². The van der Waals surface area contributed by atoms with Crippen LogP contribution in [-0.2, 0) is 0 Å². The normalized spacial score (nSPS) is 14.0. The van der Waals surface area contributed by atoms with Gasteiger partial charge in [-0.25, -0.2) is 0 Å². The first-order valence-corrected chi connectivity index (χ1v) is 3.92. The molecule has 0 aromatic rings. The minimum Gasteiger partial charge on any atom is -0.330 e. The van der Waals surface area contributed by atoms with E-state index in [1.54, 1.807) is 0 Å². The predicted octanol–water partition coefficient (Wildman–Crippen LogP) is 1.62. The molecule has 1 heteroatoms. The Morgan fingerprint density at radius 3 is 2.73 bits per heavy atom. The van der Waals surface area contributed by atoms with E-state index >= 15 is 0 Å². The zero-order valence-electron chi connectivity index (χ0n) is 6.85. The van der Waals surface area contributed by atoms with E-state index in [4.69, 9.17) is 5.73 Å². The third-order valence-corrected chi connectivity index (χ3v) is 1.65. The minimum absolute atomic E-state index is 0.739. The van der Waals surface area contributed by atoms with E-state index < -0.39 is 0 Å². The summed E-state index contributed by atoms with van der Waals surface area (Å²) in [5.74, 6) is 6.17. The summed E-state index contributed by atoms with van der Waals surface area (Å²) in [6.45, 7) is 2.81. The van der Waals surface area contributed by atoms with Gasteiger partial charge in [0.05, 0.1) is 0 Å². The van der Waals surface area contributed by atoms with Crippen LogP contribution in [0.5, 0.6) is 0 Å². The highest BCUT2D eigenvalue weighted by Crippen LogP contribution is 2.16. The van der Waals surface area contributed by atoms with Gasteiger partial charge in [-0.2, -0.15) is 0 Å². The molecule has 1 nitrogen and oxygen atoms in total. The number of allylic oxidation sites excluding steroid dienone is 4. The minimum atomic E-state index is 0.739. The molecule has 58 valence electrons. The molecule has 0 spiro atoms. The van der Waals surface area contributed by atoms with Crippen LogP contribution in [0.4, 0.5) is 0 Å². The number of hydrogen-bond donors (Lipinski definition) is 1. The van der Waals surface area contributed by atoms with Crippen molar-refractivity contribution in [2.24, 2.45) is 5.73 Å². The molecule has 0 aromatic heterocycles. The van der Waals surface area contributed by atoms with Gasteiger partial charge in [0.25, 0.3) is 0 Å². The number of nitrogens with two attached hydrogens (primary N) is 1. The first-order chi connectivity index (χ1) is 5.34. The first kappa shape index (κ1) is 8.10. The Labute approximate surface area is 68.0 Å². The zero-order valence-corrected chi connectivity index (χ0v) is 6.85. The van der Waals surface area contributed by atoms with Gasteiger partial charge in [-0.1, -0.05) is 17.9 Å². The molecule has 0 radical (unpaired) electrons. The van der Waals surface area contributed by atoms with Gasteiger partial charge in [-0.15, -0.1) is 0 Å². The highest BCUT2D eigenvalue weighted by molar-refractivity contribution is 5.54. The smallest absolute Gasteiger partial charge is 0.0274 e. The van der Waals surface area contributed by atoms with E-state index in [0.29, 0.717) is 0 Å². The lowest BCUT2D eigenvalue weighted by molar-refractivity contribution is 0.870. The molecule has 0 bridgehead atoms. The van der Waals surface area contributed by atoms with Crippen molar-refractivity contribution in [2.75, 3.05) is 6.54 Å². The summed E-state index contributed by atoms with van der Waals surface area (Å²) in [7, 11) is 0. The quantitative estimate of drug-likeness (QED) is 0.466. The van der Waals surface area contributed by atoms with Gasteiger partial charge >= 0.3 is 0 Å². The molecule has 0 amide bonds. The maximum atomic E-state index is 5.33. The van der Waals surface area contributed by atoms with Crippen LogP contribution in [-0.4, -0.2) is 6.54 Å². The Hall–Kier alpha value is -1.00. The average Bonchev–Trinajstić information content (AvgIpc) is 2.02. The van der Waals surface area contributed by atoms with Crippen LogP contribution < -0.4 is 5.73 Å². The SMILES string of the molecule is CC1=CC=C1C#CCCCN. The van der Waals surface area contributed by atoms with Crippen LogP contribution in [0.3, 0.4) is 0 Å². The van der Waals surface area contributed by atoms with Crippen molar-refractivity contribution < 1.29 is 0 Å². The van der Waals surface area contributed by atoms with E-state index in [2.05, 4.69) is 24.8 Å². The van der Waals surface area contributed by atoms with Crippen LogP contribution in [0.25, 0.3) is 0 Å². The first-order valence-electron chi connectivity index (χ1n) is 3.92. The van der Waals surface area contributed by atoms with Crippen LogP contribution in [0.2, 0.25) is 0 Å². The molecule has 0 fully saturated rings. The molecule has 0 unspecified atom stereocenters. The summed E-state index contributed by atoms with van der Waals surface area (Å²) >= 11 is 0. The molecule has 11 heavy (non-hydrogen) atoms. The zero-order chi connectivity index (χ0) is 8.10. The molecule has 0 heterocycles. The van der Waals surface area contributed by atoms with Crippen molar-refractivity contribution in [1.82, 2.24) is 0 Å². The monoisotopic (exact) mass is 147 g/mol. The van der Waals surface area contributed by atoms with Gasteiger partial charge in [0, 0.05) is 12.0 Å². The lowest BCUT2D eigenvalue weighted by Crippen LogP contribution is -1.96. The van der Waals surface area contributed by atoms with Gasteiger partial charge < -0.3 is 5.73 Å². The maximum Gasteiger partial charge on any atom is 0.0274 e. The Balaban J connectivity index is 2.23. The van der Waals surface area contributed by atoms with Crippen molar-refractivity contribution in [3.8, 4) is 11.8 Å². The van der Waals surface area contributed by atoms with Crippen LogP contribution in [0.15, 0.2) is 23.3 Å². The van der Waals surface area contributed by atoms with E-state index in [1.165, 1.54) is 11.1 Å². The maximum absolute atomic E-state index is 5.33. The lowest BCUT2D eigenvalue weighted by Gasteiger charge is -2.05. The second-order valence-corrected chi connectivity index (χ2v) is 2.62. The van der Waals surface area contributed by atoms with E-state index in [9.17, 15) is 0 Å². The summed E-state index contributed by atoms with van der Waals surface area (Å²) in [5.41, 5.74) is 7.80. The standard InChI is InChI=1S/C10H13N/c1-9-6-7-10(9)5-3-2-4-8-11/h6-7H,2,4,8,11H2,1H3. The Bertz CT molecular complexity index is 248. The highest BCUT2D eigenvalue weighted by Gasteiger charge is 2.00. The average molecular weight is 147 g/mol. The number of rotatable bonds is 2. The van der Waals surface area contributed by atoms with E-state index in [-0.39, 0.29) is 0 Å². The Kier molecular flexibility index (Phi) is 2.95. The summed E-state index contributed by atoms with van der Waals surface area (Å²) in [5, 5.41) is 0. The topological polar surface area (TPSA) is 26.0 Å². The molecule has 0 saturated carbocycles. The van der Waals surface area contributed by atoms with Crippen molar-refractivity contribution in [3.05, 3.63) is 23.3 Å². The number of hydrogen-bond acceptors (Lipinski definition) is 1. The Morgan fingerprint density at radius 2 is 2.27 bits per heavy atom. The van der Waals surface area contributed by atoms with Crippen LogP contribution >= 0.6 is 0 Å². The molecule has 1 aliphatic carbocycles. The molecule has 0 aliphatic heterocycles. The third kappa shape index (κ3) is 2.25. The van der Waals surface area contributed by atoms with E-state index in [0.717, 1.165) is 19.4 Å². The summed E-state index contributed by atoms with van der Waals surface area (Å²) in [6.07, 6.45) is 6.04. The third-order valence-electron chi connectivity index (χ3n) is 1.65. The fourth-order valence-corrected chi connectivity index (χ4v) is 0.822. The van der Waals surface area contributed by atoms with Crippen molar-refractivity contribution >= 4 is 0 Å². The molecular formula is C10H13N. The van der Waals surface area contributed by atoms with Crippen molar-refractivity contribution in [1.29, 1.82) is 0 Å². The van der Waals surface area contributed by atoms with Gasteiger partial charge in [0.2, 0.25) is 0 Å². The molecular weight excluding hydrogens is 134 g/mol. The second-order valence-electron chi connectivity index (χ2n) is 2.62. The molecule has 0 atom stereocenters. The summed E-state index contributed by atoms with van der Waals surface area (Å²) < 4.78 is 0. The highest BCUT2D eigenvalue weighted by atomic mass is 14.5. The summed E-state index contributed by atoms with van der Waals surface area (Å²) in [6, 6.07) is 0. The van der Waals surface area contributed by atoms with Gasteiger partial charge in [-0.05, 0) is 31.5 Å². The molecule has 0 saturated heterocycles. The fraction of sp³-hybridized carbons (Fsp3) is 0.400. The van der Waals surface area contributed by atoms with Gasteiger partial charge in [0.1, 0.15) is 0 Å². The molecule has 0 aromatic carbocycles. The van der Waals surface area contributed by atoms with Crippen molar-refractivity contribution in [3.63, 3.8) is 0 Å². The van der Waals surface area contributed by atoms with Crippen LogP contribution in [0.1, 0.15) is 19.8 Å². The fourth-order valence-electron chi connectivity index (χ4n) is 0.822.